The van der Waals surface area contributed by atoms with Gasteiger partial charge in [0.25, 0.3) is 5.69 Å². The Bertz CT molecular complexity index is 825. The minimum Gasteiger partial charge on any atom is -0.376 e. The Kier molecular flexibility index (Phi) is 5.06. The van der Waals surface area contributed by atoms with Crippen molar-refractivity contribution in [3.05, 3.63) is 33.9 Å². The maximum atomic E-state index is 12.4. The molecule has 4 fully saturated rings. The molecule has 29 heavy (non-hydrogen) atoms. The van der Waals surface area contributed by atoms with Crippen LogP contribution in [0.1, 0.15) is 37.7 Å². The van der Waals surface area contributed by atoms with E-state index < -0.39 is 16.7 Å². The van der Waals surface area contributed by atoms with Crippen LogP contribution in [0.5, 0.6) is 0 Å². The minimum absolute atomic E-state index is 0.0612. The summed E-state index contributed by atoms with van der Waals surface area (Å²) in [5.74, 6) is 0.938. The lowest BCUT2D eigenvalue weighted by atomic mass is 9.49. The number of methoxy groups -OCH3 is 1. The van der Waals surface area contributed by atoms with E-state index in [0.29, 0.717) is 29.6 Å². The van der Waals surface area contributed by atoms with Gasteiger partial charge in [-0.15, -0.1) is 0 Å². The molecule has 2 N–H and O–H groups in total. The quantitative estimate of drug-likeness (QED) is 0.448. The van der Waals surface area contributed by atoms with E-state index >= 15 is 0 Å². The van der Waals surface area contributed by atoms with Crippen molar-refractivity contribution in [2.75, 3.05) is 19.0 Å². The molecule has 0 saturated heterocycles. The van der Waals surface area contributed by atoms with Crippen LogP contribution in [0, 0.1) is 40.7 Å². The number of rotatable bonds is 5. The highest BCUT2D eigenvalue weighted by Crippen LogP contribution is 2.59. The van der Waals surface area contributed by atoms with Gasteiger partial charge >= 0.3 is 11.8 Å². The number of anilines is 1. The number of nitrogens with zero attached hydrogens (tertiary/aromatic N) is 1. The number of nitro groups is 1. The normalized spacial score (nSPS) is 32.1. The summed E-state index contributed by atoms with van der Waals surface area (Å²) >= 11 is 0. The lowest BCUT2D eigenvalue weighted by Gasteiger charge is -2.60. The molecule has 1 aromatic rings. The van der Waals surface area contributed by atoms with E-state index in [-0.39, 0.29) is 11.3 Å². The third-order valence-corrected chi connectivity index (χ3v) is 7.30. The predicted octanol–water partition coefficient (Wildman–Crippen LogP) is 2.80. The Morgan fingerprint density at radius 2 is 1.76 bits per heavy atom. The molecule has 8 heteroatoms. The Balaban J connectivity index is 1.39. The first-order valence-corrected chi connectivity index (χ1v) is 10.2. The fourth-order valence-electron chi connectivity index (χ4n) is 6.06. The maximum Gasteiger partial charge on any atom is 0.313 e. The first-order chi connectivity index (χ1) is 13.8. The van der Waals surface area contributed by atoms with Gasteiger partial charge in [0.05, 0.1) is 10.5 Å². The first kappa shape index (κ1) is 19.8. The number of hydrogen-bond acceptors (Lipinski definition) is 5. The molecule has 4 saturated carbocycles. The van der Waals surface area contributed by atoms with Gasteiger partial charge in [0.2, 0.25) is 0 Å². The van der Waals surface area contributed by atoms with Crippen molar-refractivity contribution in [1.82, 2.24) is 5.32 Å². The highest BCUT2D eigenvalue weighted by molar-refractivity contribution is 6.39. The zero-order valence-corrected chi connectivity index (χ0v) is 16.8. The Hall–Kier alpha value is -2.48. The summed E-state index contributed by atoms with van der Waals surface area (Å²) in [6.45, 7) is 1.98. The molecular weight excluding hydrogens is 374 g/mol. The number of aryl methyl sites for hydroxylation is 1. The van der Waals surface area contributed by atoms with Gasteiger partial charge in [0, 0.05) is 31.5 Å². The summed E-state index contributed by atoms with van der Waals surface area (Å²) in [5, 5.41) is 16.2. The van der Waals surface area contributed by atoms with Gasteiger partial charge in [0.1, 0.15) is 0 Å². The van der Waals surface area contributed by atoms with E-state index in [1.165, 1.54) is 24.6 Å². The standard InChI is InChI=1S/C21H27N3O5/c1-12-5-17(24(27)28)3-4-18(12)23-20(26)19(25)22-11-21(29-2)15-7-13-6-14(9-15)10-16(21)8-13/h3-5,13-16H,6-11H2,1-2H3,(H,22,25)(H,23,26). The van der Waals surface area contributed by atoms with Crippen LogP contribution in [0.4, 0.5) is 11.4 Å². The molecule has 0 unspecified atom stereocenters. The molecule has 0 aromatic heterocycles. The van der Waals surface area contributed by atoms with E-state index in [1.807, 2.05) is 0 Å². The van der Waals surface area contributed by atoms with Crippen LogP contribution in [0.25, 0.3) is 0 Å². The van der Waals surface area contributed by atoms with Gasteiger partial charge in [-0.25, -0.2) is 0 Å². The van der Waals surface area contributed by atoms with Crippen molar-refractivity contribution in [3.63, 3.8) is 0 Å². The van der Waals surface area contributed by atoms with Crippen molar-refractivity contribution >= 4 is 23.2 Å². The summed E-state index contributed by atoms with van der Waals surface area (Å²) in [5.41, 5.74) is 0.461. The molecule has 2 amide bonds. The molecule has 8 nitrogen and oxygen atoms in total. The first-order valence-electron chi connectivity index (χ1n) is 10.2. The third kappa shape index (κ3) is 3.50. The molecular formula is C21H27N3O5. The van der Waals surface area contributed by atoms with Crippen LogP contribution in [-0.4, -0.2) is 36.0 Å². The topological polar surface area (TPSA) is 111 Å². The smallest absolute Gasteiger partial charge is 0.313 e. The van der Waals surface area contributed by atoms with Crippen LogP contribution in [0.2, 0.25) is 0 Å². The Morgan fingerprint density at radius 1 is 1.14 bits per heavy atom. The second kappa shape index (κ2) is 7.40. The zero-order valence-electron chi connectivity index (χ0n) is 16.8. The zero-order chi connectivity index (χ0) is 20.8. The van der Waals surface area contributed by atoms with Gasteiger partial charge in [-0.1, -0.05) is 0 Å². The molecule has 4 aliphatic carbocycles. The predicted molar refractivity (Wildman–Crippen MR) is 106 cm³/mol. The van der Waals surface area contributed by atoms with Gasteiger partial charge in [-0.3, -0.25) is 19.7 Å². The number of nitrogens with one attached hydrogen (secondary N) is 2. The Labute approximate surface area is 169 Å². The molecule has 0 atom stereocenters. The van der Waals surface area contributed by atoms with Crippen molar-refractivity contribution in [2.45, 2.75) is 44.6 Å². The van der Waals surface area contributed by atoms with Crippen LogP contribution in [0.15, 0.2) is 18.2 Å². The molecule has 5 rings (SSSR count). The third-order valence-electron chi connectivity index (χ3n) is 7.30. The summed E-state index contributed by atoms with van der Waals surface area (Å²) in [4.78, 5) is 35.1. The average Bonchev–Trinajstić information content (AvgIpc) is 2.68. The lowest BCUT2D eigenvalue weighted by molar-refractivity contribution is -0.384. The average molecular weight is 401 g/mol. The minimum atomic E-state index is -0.781. The van der Waals surface area contributed by atoms with Crippen molar-refractivity contribution in [2.24, 2.45) is 23.7 Å². The van der Waals surface area contributed by atoms with Crippen LogP contribution >= 0.6 is 0 Å². The molecule has 0 spiro atoms. The van der Waals surface area contributed by atoms with Crippen molar-refractivity contribution in [3.8, 4) is 0 Å². The summed E-state index contributed by atoms with van der Waals surface area (Å²) in [6.07, 6.45) is 5.90. The fraction of sp³-hybridized carbons (Fsp3) is 0.619. The monoisotopic (exact) mass is 401 g/mol. The molecule has 4 bridgehead atoms. The molecule has 4 aliphatic rings. The number of ether oxygens (including phenoxy) is 1. The molecule has 1 aromatic carbocycles. The number of benzene rings is 1. The van der Waals surface area contributed by atoms with Gasteiger partial charge in [0.15, 0.2) is 0 Å². The van der Waals surface area contributed by atoms with Gasteiger partial charge in [-0.05, 0) is 74.3 Å². The summed E-state index contributed by atoms with van der Waals surface area (Å²) in [7, 11) is 1.72. The van der Waals surface area contributed by atoms with Crippen molar-refractivity contribution in [1.29, 1.82) is 0 Å². The van der Waals surface area contributed by atoms with Gasteiger partial charge < -0.3 is 15.4 Å². The number of nitro benzene ring substituents is 1. The second-order valence-electron chi connectivity index (χ2n) is 8.86. The molecule has 0 aliphatic heterocycles. The summed E-state index contributed by atoms with van der Waals surface area (Å²) in [6, 6.07) is 4.10. The van der Waals surface area contributed by atoms with E-state index in [4.69, 9.17) is 4.74 Å². The highest BCUT2D eigenvalue weighted by atomic mass is 16.6. The highest BCUT2D eigenvalue weighted by Gasteiger charge is 2.57. The number of carbonyl (C=O) groups is 2. The number of carbonyl (C=O) groups excluding carboxylic acids is 2. The Morgan fingerprint density at radius 3 is 2.28 bits per heavy atom. The fourth-order valence-corrected chi connectivity index (χ4v) is 6.06. The van der Waals surface area contributed by atoms with E-state index in [9.17, 15) is 19.7 Å². The molecule has 156 valence electrons. The number of hydrogen-bond donors (Lipinski definition) is 2. The van der Waals surface area contributed by atoms with E-state index in [0.717, 1.165) is 37.5 Å². The van der Waals surface area contributed by atoms with Crippen LogP contribution in [-0.2, 0) is 14.3 Å². The number of amides is 2. The molecule has 0 radical (unpaired) electrons. The SMILES string of the molecule is COC1(CNC(=O)C(=O)Nc2ccc([N+](=O)[O-])cc2C)C2CC3CC(C2)CC1C3. The lowest BCUT2D eigenvalue weighted by Crippen LogP contribution is -2.63. The molecule has 0 heterocycles. The van der Waals surface area contributed by atoms with Crippen LogP contribution < -0.4 is 10.6 Å². The van der Waals surface area contributed by atoms with E-state index in [1.54, 1.807) is 14.0 Å². The second-order valence-corrected chi connectivity index (χ2v) is 8.86. The van der Waals surface area contributed by atoms with Crippen molar-refractivity contribution < 1.29 is 19.2 Å². The van der Waals surface area contributed by atoms with Crippen LogP contribution in [0.3, 0.4) is 0 Å². The maximum absolute atomic E-state index is 12.4. The van der Waals surface area contributed by atoms with Gasteiger partial charge in [-0.2, -0.15) is 0 Å². The van der Waals surface area contributed by atoms with E-state index in [2.05, 4.69) is 10.6 Å². The number of non-ortho nitro benzene ring substituents is 1. The summed E-state index contributed by atoms with van der Waals surface area (Å²) < 4.78 is 6.01. The largest absolute Gasteiger partial charge is 0.376 e.